The number of rotatable bonds is 14. The predicted molar refractivity (Wildman–Crippen MR) is 172 cm³/mol. The molecular formula is C33H36N3O7S2+. The zero-order valence-electron chi connectivity index (χ0n) is 24.9. The number of hydrogen-bond donors (Lipinski definition) is 1. The molecule has 0 spiro atoms. The first-order valence-corrected chi connectivity index (χ1v) is 17.4. The Labute approximate surface area is 267 Å². The molecule has 1 aromatic heterocycles. The second-order valence-electron chi connectivity index (χ2n) is 11.0. The van der Waals surface area contributed by atoms with E-state index in [2.05, 4.69) is 46.4 Å². The molecule has 1 saturated heterocycles. The van der Waals surface area contributed by atoms with Crippen LogP contribution in [0.15, 0.2) is 83.4 Å². The second kappa shape index (κ2) is 14.4. The minimum atomic E-state index is -3.99. The summed E-state index contributed by atoms with van der Waals surface area (Å²) in [5, 5.41) is 2.65. The Hall–Kier alpha value is -4.00. The predicted octanol–water partition coefficient (Wildman–Crippen LogP) is 5.43. The number of fused-ring (bicyclic) bond motifs is 2. The summed E-state index contributed by atoms with van der Waals surface area (Å²) in [7, 11) is -3.99. The third-order valence-corrected chi connectivity index (χ3v) is 9.63. The van der Waals surface area contributed by atoms with Gasteiger partial charge in [-0.3, -0.25) is 14.1 Å². The second-order valence-corrected chi connectivity index (χ2v) is 13.7. The van der Waals surface area contributed by atoms with E-state index in [9.17, 15) is 22.8 Å². The fourth-order valence-corrected chi connectivity index (χ4v) is 7.19. The van der Waals surface area contributed by atoms with Gasteiger partial charge in [-0.2, -0.15) is 13.0 Å². The number of unbranched alkanes of at least 4 members (excludes halogenated alkanes) is 3. The monoisotopic (exact) mass is 650 g/mol. The number of carbonyl (C=O) groups excluding carboxylic acids is 3. The molecule has 0 saturated carbocycles. The first-order chi connectivity index (χ1) is 21.6. The van der Waals surface area contributed by atoms with Gasteiger partial charge in [-0.15, -0.1) is 5.06 Å². The molecule has 0 aliphatic carbocycles. The van der Waals surface area contributed by atoms with Gasteiger partial charge in [-0.1, -0.05) is 42.6 Å². The highest BCUT2D eigenvalue weighted by atomic mass is 32.2. The summed E-state index contributed by atoms with van der Waals surface area (Å²) < 4.78 is 33.7. The van der Waals surface area contributed by atoms with E-state index in [0.717, 1.165) is 57.0 Å². The quantitative estimate of drug-likeness (QED) is 0.105. The number of nitrogens with zero attached hydrogens (tertiary/aromatic N) is 3. The summed E-state index contributed by atoms with van der Waals surface area (Å²) in [6.45, 7) is 5.77. The van der Waals surface area contributed by atoms with Crippen LogP contribution in [0.5, 0.6) is 0 Å². The van der Waals surface area contributed by atoms with Crippen molar-refractivity contribution in [2.75, 3.05) is 17.2 Å². The Morgan fingerprint density at radius 1 is 0.978 bits per heavy atom. The van der Waals surface area contributed by atoms with Crippen LogP contribution in [0.3, 0.4) is 0 Å². The number of aromatic nitrogens is 1. The molecule has 12 heteroatoms. The molecule has 2 aromatic carbocycles. The summed E-state index contributed by atoms with van der Waals surface area (Å²) in [4.78, 5) is 43.6. The molecule has 0 unspecified atom stereocenters. The van der Waals surface area contributed by atoms with Crippen LogP contribution in [0.2, 0.25) is 0 Å². The number of hydrogen-bond acceptors (Lipinski definition) is 8. The molecule has 0 bridgehead atoms. The molecule has 0 radical (unpaired) electrons. The lowest BCUT2D eigenvalue weighted by Crippen LogP contribution is -2.34. The van der Waals surface area contributed by atoms with Crippen LogP contribution < -0.4 is 9.47 Å². The third kappa shape index (κ3) is 8.19. The standard InChI is InChI=1S/C33H35N3O7S2/c1-24(23-32-35(20-9-10-22-45(40,41)42)28-13-6-7-14-29(28)44-32)25-18-21-34(27-12-5-4-11-26(25)27)19-8-2-3-15-33(39)43-36-30(37)16-17-31(36)38/h4-7,11-14,18,21,23H,1-3,8-10,15-17,19-20,22H2/p+1/b32-23-. The number of para-hydroxylation sites is 2. The van der Waals surface area contributed by atoms with Gasteiger partial charge >= 0.3 is 5.97 Å². The zero-order chi connectivity index (χ0) is 32.0. The number of amides is 2. The fourth-order valence-electron chi connectivity index (χ4n) is 5.47. The maximum Gasteiger partial charge on any atom is 0.333 e. The highest BCUT2D eigenvalue weighted by Crippen LogP contribution is 2.46. The number of anilines is 1. The largest absolute Gasteiger partial charge is 0.335 e. The number of imide groups is 1. The SMILES string of the molecule is C=C(/C=C1\Sc2ccccc2N1CCCCS(=O)(=O)O)c1cc[n+](CCCCCC(=O)ON2C(=O)CCC2=O)c2ccccc12. The van der Waals surface area contributed by atoms with E-state index >= 15 is 0 Å². The molecule has 3 aromatic rings. The van der Waals surface area contributed by atoms with Crippen molar-refractivity contribution in [3.05, 3.63) is 84.0 Å². The molecule has 236 valence electrons. The van der Waals surface area contributed by atoms with E-state index in [-0.39, 0.29) is 25.0 Å². The highest BCUT2D eigenvalue weighted by Gasteiger charge is 2.32. The van der Waals surface area contributed by atoms with Gasteiger partial charge in [0, 0.05) is 54.8 Å². The van der Waals surface area contributed by atoms with E-state index in [1.165, 1.54) is 0 Å². The Morgan fingerprint density at radius 2 is 1.71 bits per heavy atom. The van der Waals surface area contributed by atoms with E-state index < -0.39 is 27.9 Å². The lowest BCUT2D eigenvalue weighted by Gasteiger charge is -2.21. The van der Waals surface area contributed by atoms with Crippen molar-refractivity contribution in [2.45, 2.75) is 62.8 Å². The highest BCUT2D eigenvalue weighted by molar-refractivity contribution is 8.03. The number of pyridine rings is 1. The van der Waals surface area contributed by atoms with Gasteiger partial charge in [0.1, 0.15) is 6.54 Å². The lowest BCUT2D eigenvalue weighted by molar-refractivity contribution is -0.671. The molecule has 2 aliphatic heterocycles. The van der Waals surface area contributed by atoms with E-state index in [1.54, 1.807) is 11.8 Å². The molecule has 45 heavy (non-hydrogen) atoms. The smallest absolute Gasteiger partial charge is 0.333 e. The maximum atomic E-state index is 12.1. The molecule has 3 heterocycles. The molecule has 1 N–H and O–H groups in total. The number of allylic oxidation sites excluding steroid dienone is 2. The zero-order valence-corrected chi connectivity index (χ0v) is 26.5. The van der Waals surface area contributed by atoms with Gasteiger partial charge in [-0.05, 0) is 55.5 Å². The molecule has 1 fully saturated rings. The van der Waals surface area contributed by atoms with Gasteiger partial charge in [0.05, 0.1) is 21.9 Å². The topological polar surface area (TPSA) is 125 Å². The minimum Gasteiger partial charge on any atom is -0.335 e. The Kier molecular flexibility index (Phi) is 10.4. The van der Waals surface area contributed by atoms with Crippen LogP contribution >= 0.6 is 11.8 Å². The average Bonchev–Trinajstić information content (AvgIpc) is 3.52. The Balaban J connectivity index is 1.22. The van der Waals surface area contributed by atoms with Crippen LogP contribution in [0, 0.1) is 0 Å². The van der Waals surface area contributed by atoms with Crippen LogP contribution in [-0.4, -0.2) is 48.1 Å². The lowest BCUT2D eigenvalue weighted by atomic mass is 10.0. The minimum absolute atomic E-state index is 0.0779. The van der Waals surface area contributed by atoms with Crippen molar-refractivity contribution in [1.29, 1.82) is 0 Å². The summed E-state index contributed by atoms with van der Waals surface area (Å²) in [6, 6.07) is 18.3. The van der Waals surface area contributed by atoms with Crippen molar-refractivity contribution in [3.8, 4) is 0 Å². The number of aryl methyl sites for hydroxylation is 1. The first kappa shape index (κ1) is 32.4. The molecule has 10 nitrogen and oxygen atoms in total. The fraction of sp³-hybridized carbons (Fsp3) is 0.333. The number of thioether (sulfide) groups is 1. The van der Waals surface area contributed by atoms with Crippen molar-refractivity contribution >= 4 is 61.8 Å². The van der Waals surface area contributed by atoms with Gasteiger partial charge in [0.2, 0.25) is 5.52 Å². The van der Waals surface area contributed by atoms with Crippen molar-refractivity contribution in [3.63, 3.8) is 0 Å². The Morgan fingerprint density at radius 3 is 2.49 bits per heavy atom. The number of hydroxylamine groups is 2. The summed E-state index contributed by atoms with van der Waals surface area (Å²) in [5.74, 6) is -1.78. The van der Waals surface area contributed by atoms with E-state index in [0.29, 0.717) is 30.9 Å². The molecule has 2 aliphatic rings. The number of benzene rings is 2. The van der Waals surface area contributed by atoms with Crippen molar-refractivity contribution < 1.29 is 36.8 Å². The van der Waals surface area contributed by atoms with Crippen LogP contribution in [0.1, 0.15) is 56.9 Å². The molecular weight excluding hydrogens is 615 g/mol. The maximum absolute atomic E-state index is 12.1. The molecule has 5 rings (SSSR count). The van der Waals surface area contributed by atoms with Crippen molar-refractivity contribution in [1.82, 2.24) is 5.06 Å². The van der Waals surface area contributed by atoms with Gasteiger partial charge < -0.3 is 9.74 Å². The summed E-state index contributed by atoms with van der Waals surface area (Å²) in [6.07, 6.45) is 7.56. The van der Waals surface area contributed by atoms with E-state index in [4.69, 9.17) is 9.39 Å². The summed E-state index contributed by atoms with van der Waals surface area (Å²) in [5.41, 5.74) is 3.98. The van der Waals surface area contributed by atoms with Crippen LogP contribution in [-0.2, 0) is 35.9 Å². The molecule has 2 amide bonds. The molecule has 0 atom stereocenters. The van der Waals surface area contributed by atoms with Crippen LogP contribution in [0.4, 0.5) is 5.69 Å². The average molecular weight is 651 g/mol. The first-order valence-electron chi connectivity index (χ1n) is 15.0. The van der Waals surface area contributed by atoms with Gasteiger partial charge in [0.25, 0.3) is 21.9 Å². The number of carbonyl (C=O) groups is 3. The van der Waals surface area contributed by atoms with Crippen LogP contribution in [0.25, 0.3) is 16.5 Å². The Bertz CT molecular complexity index is 1750. The van der Waals surface area contributed by atoms with Gasteiger partial charge in [0.15, 0.2) is 6.20 Å². The van der Waals surface area contributed by atoms with E-state index in [1.807, 2.05) is 36.5 Å². The normalized spacial score (nSPS) is 15.7. The van der Waals surface area contributed by atoms with Gasteiger partial charge in [-0.25, -0.2) is 4.79 Å². The summed E-state index contributed by atoms with van der Waals surface area (Å²) >= 11 is 1.65. The van der Waals surface area contributed by atoms with Crippen molar-refractivity contribution in [2.24, 2.45) is 0 Å². The third-order valence-electron chi connectivity index (χ3n) is 7.72.